The van der Waals surface area contributed by atoms with Crippen LogP contribution in [0.2, 0.25) is 0 Å². The van der Waals surface area contributed by atoms with Crippen LogP contribution in [0.1, 0.15) is 0 Å². The fourth-order valence-corrected chi connectivity index (χ4v) is 0.643. The van der Waals surface area contributed by atoms with Crippen molar-refractivity contribution in [3.05, 3.63) is 30.6 Å². The summed E-state index contributed by atoms with van der Waals surface area (Å²) in [6.07, 6.45) is 6.15. The quantitative estimate of drug-likeness (QED) is 0.487. The number of hydrogen-bond donors (Lipinski definition) is 1. The second-order valence-corrected chi connectivity index (χ2v) is 2.11. The third-order valence-electron chi connectivity index (χ3n) is 1.17. The molecule has 0 amide bonds. The lowest BCUT2D eigenvalue weighted by Crippen LogP contribution is -2.00. The molecular formula is C8H8BN3. The SMILES string of the molecule is [B]c1ccc(N=CC=CN)nc1. The molecule has 1 aromatic rings. The normalized spacial score (nSPS) is 11.3. The molecule has 1 rings (SSSR count). The van der Waals surface area contributed by atoms with Crippen molar-refractivity contribution in [3.63, 3.8) is 0 Å². The van der Waals surface area contributed by atoms with Crippen molar-refractivity contribution >= 4 is 25.3 Å². The molecule has 1 aromatic heterocycles. The maximum atomic E-state index is 5.43. The summed E-state index contributed by atoms with van der Waals surface area (Å²) in [5, 5.41) is 0. The number of allylic oxidation sites excluding steroid dienone is 1. The third kappa shape index (κ3) is 2.58. The first-order valence-corrected chi connectivity index (χ1v) is 3.45. The van der Waals surface area contributed by atoms with E-state index in [1.807, 2.05) is 0 Å². The lowest BCUT2D eigenvalue weighted by molar-refractivity contribution is 1.29. The molecule has 0 aliphatic rings. The predicted molar refractivity (Wildman–Crippen MR) is 51.1 cm³/mol. The predicted octanol–water partition coefficient (Wildman–Crippen LogP) is 0.0501. The maximum Gasteiger partial charge on any atom is 0.151 e. The third-order valence-corrected chi connectivity index (χ3v) is 1.17. The molecule has 0 aromatic carbocycles. The van der Waals surface area contributed by atoms with Gasteiger partial charge in [0.2, 0.25) is 0 Å². The molecule has 0 atom stereocenters. The molecule has 0 saturated heterocycles. The van der Waals surface area contributed by atoms with E-state index in [0.717, 1.165) is 0 Å². The minimum Gasteiger partial charge on any atom is -0.405 e. The highest BCUT2D eigenvalue weighted by Gasteiger charge is 1.86. The van der Waals surface area contributed by atoms with Crippen molar-refractivity contribution in [3.8, 4) is 0 Å². The van der Waals surface area contributed by atoms with Gasteiger partial charge in [-0.05, 0) is 18.3 Å². The molecule has 2 N–H and O–H groups in total. The van der Waals surface area contributed by atoms with Crippen molar-refractivity contribution in [2.45, 2.75) is 0 Å². The molecule has 2 radical (unpaired) electrons. The van der Waals surface area contributed by atoms with E-state index < -0.39 is 0 Å². The van der Waals surface area contributed by atoms with Gasteiger partial charge in [-0.1, -0.05) is 11.5 Å². The van der Waals surface area contributed by atoms with E-state index in [4.69, 9.17) is 13.6 Å². The molecule has 0 spiro atoms. The van der Waals surface area contributed by atoms with Crippen molar-refractivity contribution in [2.75, 3.05) is 0 Å². The van der Waals surface area contributed by atoms with Gasteiger partial charge in [-0.15, -0.1) is 0 Å². The maximum absolute atomic E-state index is 5.43. The van der Waals surface area contributed by atoms with E-state index in [0.29, 0.717) is 11.3 Å². The molecule has 0 bridgehead atoms. The second kappa shape index (κ2) is 4.33. The molecule has 0 fully saturated rings. The van der Waals surface area contributed by atoms with Crippen LogP contribution >= 0.6 is 0 Å². The number of aliphatic imine (C=N–C) groups is 1. The first-order valence-electron chi connectivity index (χ1n) is 3.45. The number of nitrogens with two attached hydrogens (primary N) is 1. The fourth-order valence-electron chi connectivity index (χ4n) is 0.643. The molecule has 4 heteroatoms. The molecule has 58 valence electrons. The van der Waals surface area contributed by atoms with Crippen LogP contribution < -0.4 is 11.2 Å². The van der Waals surface area contributed by atoms with Crippen LogP contribution in [0.15, 0.2) is 35.6 Å². The minimum absolute atomic E-state index is 0.613. The molecular weight excluding hydrogens is 149 g/mol. The molecule has 1 heterocycles. The Labute approximate surface area is 72.4 Å². The fraction of sp³-hybridized carbons (Fsp3) is 0. The molecule has 0 aliphatic heterocycles. The number of rotatable bonds is 2. The van der Waals surface area contributed by atoms with Crippen LogP contribution in [0.25, 0.3) is 0 Å². The first-order chi connectivity index (χ1) is 5.83. The van der Waals surface area contributed by atoms with Crippen LogP contribution in [-0.4, -0.2) is 19.0 Å². The highest BCUT2D eigenvalue weighted by molar-refractivity contribution is 6.32. The van der Waals surface area contributed by atoms with Crippen molar-refractivity contribution < 1.29 is 0 Å². The van der Waals surface area contributed by atoms with Gasteiger partial charge >= 0.3 is 0 Å². The lowest BCUT2D eigenvalue weighted by Gasteiger charge is -1.91. The van der Waals surface area contributed by atoms with E-state index in [-0.39, 0.29) is 0 Å². The van der Waals surface area contributed by atoms with E-state index in [2.05, 4.69) is 9.98 Å². The number of hydrogen-bond acceptors (Lipinski definition) is 3. The second-order valence-electron chi connectivity index (χ2n) is 2.11. The van der Waals surface area contributed by atoms with Crippen LogP contribution in [0.5, 0.6) is 0 Å². The van der Waals surface area contributed by atoms with Crippen molar-refractivity contribution in [1.29, 1.82) is 0 Å². The summed E-state index contributed by atoms with van der Waals surface area (Å²) in [5.41, 5.74) is 5.73. The summed E-state index contributed by atoms with van der Waals surface area (Å²) >= 11 is 0. The molecule has 0 saturated carbocycles. The largest absolute Gasteiger partial charge is 0.405 e. The summed E-state index contributed by atoms with van der Waals surface area (Å²) in [6.45, 7) is 0. The van der Waals surface area contributed by atoms with Gasteiger partial charge in [0, 0.05) is 12.4 Å². The van der Waals surface area contributed by atoms with Crippen molar-refractivity contribution in [1.82, 2.24) is 4.98 Å². The number of nitrogens with zero attached hydrogens (tertiary/aromatic N) is 2. The summed E-state index contributed by atoms with van der Waals surface area (Å²) in [7, 11) is 5.43. The molecule has 12 heavy (non-hydrogen) atoms. The average molecular weight is 157 g/mol. The van der Waals surface area contributed by atoms with Crippen LogP contribution in [0, 0.1) is 0 Å². The van der Waals surface area contributed by atoms with E-state index in [1.165, 1.54) is 6.20 Å². The van der Waals surface area contributed by atoms with Gasteiger partial charge in [-0.2, -0.15) is 0 Å². The van der Waals surface area contributed by atoms with Gasteiger partial charge in [0.25, 0.3) is 0 Å². The van der Waals surface area contributed by atoms with E-state index in [9.17, 15) is 0 Å². The minimum atomic E-state index is 0.613. The molecule has 0 aliphatic carbocycles. The Bertz CT molecular complexity index is 290. The lowest BCUT2D eigenvalue weighted by atomic mass is 9.99. The Morgan fingerprint density at radius 1 is 1.50 bits per heavy atom. The van der Waals surface area contributed by atoms with Crippen LogP contribution in [0.3, 0.4) is 0 Å². The Hall–Kier alpha value is -1.58. The zero-order chi connectivity index (χ0) is 8.81. The van der Waals surface area contributed by atoms with Crippen LogP contribution in [0.4, 0.5) is 5.82 Å². The number of pyridine rings is 1. The van der Waals surface area contributed by atoms with Gasteiger partial charge in [0.05, 0.1) is 0 Å². The highest BCUT2D eigenvalue weighted by atomic mass is 14.9. The topological polar surface area (TPSA) is 51.3 Å². The average Bonchev–Trinajstić information content (AvgIpc) is 2.09. The summed E-state index contributed by atoms with van der Waals surface area (Å²) < 4.78 is 0. The zero-order valence-corrected chi connectivity index (χ0v) is 6.51. The van der Waals surface area contributed by atoms with Crippen LogP contribution in [-0.2, 0) is 0 Å². The monoisotopic (exact) mass is 157 g/mol. The van der Waals surface area contributed by atoms with E-state index >= 15 is 0 Å². The Morgan fingerprint density at radius 3 is 2.92 bits per heavy atom. The summed E-state index contributed by atoms with van der Waals surface area (Å²) in [5.74, 6) is 0.613. The van der Waals surface area contributed by atoms with Gasteiger partial charge in [0.1, 0.15) is 7.85 Å². The van der Waals surface area contributed by atoms with Gasteiger partial charge in [-0.25, -0.2) is 9.98 Å². The van der Waals surface area contributed by atoms with Gasteiger partial charge < -0.3 is 5.73 Å². The number of aromatic nitrogens is 1. The first kappa shape index (κ1) is 8.52. The van der Waals surface area contributed by atoms with Gasteiger partial charge in [0.15, 0.2) is 5.82 Å². The molecule has 0 unspecified atom stereocenters. The summed E-state index contributed by atoms with van der Waals surface area (Å²) in [4.78, 5) is 7.93. The molecule has 3 nitrogen and oxygen atoms in total. The van der Waals surface area contributed by atoms with E-state index in [1.54, 1.807) is 30.6 Å². The summed E-state index contributed by atoms with van der Waals surface area (Å²) in [6, 6.07) is 3.47. The Kier molecular flexibility index (Phi) is 3.08. The standard InChI is InChI=1S/C8H8BN3/c9-7-2-3-8(12-6-7)11-5-1-4-10/h1-6H,10H2. The Morgan fingerprint density at radius 2 is 2.33 bits per heavy atom. The highest BCUT2D eigenvalue weighted by Crippen LogP contribution is 2.01. The smallest absolute Gasteiger partial charge is 0.151 e. The van der Waals surface area contributed by atoms with Gasteiger partial charge in [-0.3, -0.25) is 0 Å². The Balaban J connectivity index is 2.70. The van der Waals surface area contributed by atoms with Crippen molar-refractivity contribution in [2.24, 2.45) is 10.7 Å². The zero-order valence-electron chi connectivity index (χ0n) is 6.51.